The van der Waals surface area contributed by atoms with Crippen LogP contribution in [0.3, 0.4) is 0 Å². The molecule has 0 aliphatic heterocycles. The summed E-state index contributed by atoms with van der Waals surface area (Å²) in [4.78, 5) is 0. The van der Waals surface area contributed by atoms with Crippen molar-refractivity contribution < 1.29 is 0 Å². The molecule has 0 rings (SSSR count). The molecular weight excluding hydrogens is 685 g/mol. The Morgan fingerprint density at radius 2 is 0.487 bits per heavy atom. The molecule has 17 heteroatoms. The topological polar surface area (TPSA) is 13.0 Å². The van der Waals surface area contributed by atoms with Crippen molar-refractivity contribution in [1.82, 2.24) is 15.9 Å². The van der Waals surface area contributed by atoms with Crippen molar-refractivity contribution in [2.45, 2.75) is 137 Å². The van der Waals surface area contributed by atoms with E-state index in [1.54, 1.807) is 0 Å². The minimum atomic E-state index is -1.29. The van der Waals surface area contributed by atoms with Gasteiger partial charge in [-0.15, -0.1) is 0 Å². The van der Waals surface area contributed by atoms with Gasteiger partial charge in [-0.3, -0.25) is 0 Å². The van der Waals surface area contributed by atoms with Gasteiger partial charge in [0.25, 0.3) is 0 Å². The van der Waals surface area contributed by atoms with Crippen molar-refractivity contribution in [1.29, 1.82) is 0 Å². The molecule has 0 fully saturated rings. The van der Waals surface area contributed by atoms with Crippen LogP contribution in [0.5, 0.6) is 0 Å². The Hall–Kier alpha value is 2.66. The van der Waals surface area contributed by atoms with Crippen molar-refractivity contribution in [3.05, 3.63) is 0 Å². The Morgan fingerprint density at radius 3 is 0.641 bits per heavy atom. The molecule has 39 heavy (non-hydrogen) atoms. The molecule has 4 nitrogen and oxygen atoms in total. The number of hydrogen-bond donors (Lipinski definition) is 0. The number of rotatable bonds is 16. The van der Waals surface area contributed by atoms with Gasteiger partial charge in [-0.05, 0) is 7.05 Å². The molecule has 0 saturated heterocycles. The maximum atomic E-state index is 3.43. The molecule has 1 atom stereocenters. The zero-order valence-corrected chi connectivity index (χ0v) is 46.2. The second kappa shape index (κ2) is 14.4. The fourth-order valence-corrected chi connectivity index (χ4v) is 203. The highest BCUT2D eigenvalue weighted by atomic mass is 30.1. The molecule has 0 aromatic rings. The third-order valence-corrected chi connectivity index (χ3v) is 148. The molecule has 0 aromatic heterocycles. The third kappa shape index (κ3) is 14.5. The van der Waals surface area contributed by atoms with Gasteiger partial charge in [0.2, 0.25) is 0 Å². The first kappa shape index (κ1) is 41.7. The summed E-state index contributed by atoms with van der Waals surface area (Å²) in [6.45, 7) is 56.9. The van der Waals surface area contributed by atoms with E-state index < -0.39 is 72.3 Å². The zero-order chi connectivity index (χ0) is 31.8. The summed E-state index contributed by atoms with van der Waals surface area (Å²) in [7, 11) is -8.09. The summed E-state index contributed by atoms with van der Waals surface area (Å²) >= 11 is 0. The van der Waals surface area contributed by atoms with E-state index in [0.717, 1.165) is 0 Å². The average molecular weight is 762 g/mol. The first-order valence-electron chi connectivity index (χ1n) is 15.7. The summed E-state index contributed by atoms with van der Waals surface area (Å²) in [6, 6.07) is 0. The van der Waals surface area contributed by atoms with Crippen LogP contribution >= 0.6 is 0 Å². The van der Waals surface area contributed by atoms with Crippen molar-refractivity contribution in [2.24, 2.45) is 0 Å². The van der Waals surface area contributed by atoms with Crippen LogP contribution in [0, 0.1) is 0 Å². The van der Waals surface area contributed by atoms with E-state index in [2.05, 4.69) is 160 Å². The Labute approximate surface area is 267 Å². The lowest BCUT2D eigenvalue weighted by Gasteiger charge is -2.52. The Morgan fingerprint density at radius 1 is 0.308 bits per heavy atom. The highest BCUT2D eigenvalue weighted by Gasteiger charge is 2.45. The van der Waals surface area contributed by atoms with Gasteiger partial charge in [0.1, 0.15) is 57.6 Å². The van der Waals surface area contributed by atoms with Gasteiger partial charge in [-0.2, -0.15) is 0 Å². The highest BCUT2D eigenvalue weighted by Crippen LogP contribution is 2.24. The molecule has 0 spiro atoms. The van der Waals surface area contributed by atoms with Crippen LogP contribution in [0.2, 0.25) is 137 Å². The van der Waals surface area contributed by atoms with E-state index in [0.29, 0.717) is 0 Å². The van der Waals surface area contributed by atoms with E-state index in [-0.39, 0.29) is 36.8 Å². The third-order valence-electron chi connectivity index (χ3n) is 8.43. The van der Waals surface area contributed by atoms with Crippen LogP contribution in [-0.2, 0) is 0 Å². The zero-order valence-electron chi connectivity index (χ0n) is 31.3. The van der Waals surface area contributed by atoms with Gasteiger partial charge < -0.3 is 15.9 Å². The van der Waals surface area contributed by atoms with Crippen LogP contribution in [0.25, 0.3) is 0 Å². The van der Waals surface area contributed by atoms with Gasteiger partial charge in [0, 0.05) is 14.7 Å². The van der Waals surface area contributed by atoms with E-state index in [1.165, 1.54) is 0 Å². The van der Waals surface area contributed by atoms with Crippen LogP contribution in [0.1, 0.15) is 0 Å². The van der Waals surface area contributed by atoms with Crippen molar-refractivity contribution in [3.8, 4) is 0 Å². The van der Waals surface area contributed by atoms with Crippen molar-refractivity contribution >= 4 is 109 Å². The number of nitrogens with zero attached hydrogens (tertiary/aromatic N) is 4. The molecule has 0 aliphatic rings. The minimum absolute atomic E-state index is 0.0838. The lowest BCUT2D eigenvalue weighted by Crippen LogP contribution is -2.77. The second-order valence-corrected chi connectivity index (χ2v) is 108. The summed E-state index contributed by atoms with van der Waals surface area (Å²) in [5.41, 5.74) is 0. The highest BCUT2D eigenvalue weighted by molar-refractivity contribution is 7.83. The number of hydrogen-bond acceptors (Lipinski definition) is 4. The van der Waals surface area contributed by atoms with Crippen LogP contribution in [-0.4, -0.2) is 132 Å². The fourth-order valence-electron chi connectivity index (χ4n) is 6.70. The van der Waals surface area contributed by atoms with Gasteiger partial charge in [0.05, 0.1) is 36.8 Å². The summed E-state index contributed by atoms with van der Waals surface area (Å²) in [5, 5.41) is 0. The van der Waals surface area contributed by atoms with Gasteiger partial charge in [-0.1, -0.05) is 137 Å². The first-order valence-corrected chi connectivity index (χ1v) is 58.1. The maximum Gasteiger partial charge on any atom is 0.111 e. The molecule has 1 unspecified atom stereocenters. The minimum Gasteiger partial charge on any atom is -0.376 e. The normalized spacial score (nSPS) is 18.3. The largest absolute Gasteiger partial charge is 0.376 e. The van der Waals surface area contributed by atoms with Crippen LogP contribution in [0.15, 0.2) is 0 Å². The van der Waals surface area contributed by atoms with Crippen LogP contribution in [0.4, 0.5) is 0 Å². The molecule has 236 valence electrons. The lowest BCUT2D eigenvalue weighted by molar-refractivity contribution is 0.813. The molecule has 0 radical (unpaired) electrons. The SMILES string of the molecule is CN([SiH2][SiH]([SiH2]N([Si](C)(C)C)[Si](C)(C)C)[SiH]([SiH2]N([Si](C)(C)C)[Si](C)(C)C)[SiH2]N([Si](C)(C)C)[Si](C)(C)C)[Si](C)(C)C. The molecule has 0 aliphatic carbocycles. The quantitative estimate of drug-likeness (QED) is 0.224. The van der Waals surface area contributed by atoms with E-state index in [4.69, 9.17) is 0 Å². The monoisotopic (exact) mass is 760 g/mol. The second-order valence-electron chi connectivity index (χ2n) is 19.4. The van der Waals surface area contributed by atoms with Gasteiger partial charge >= 0.3 is 0 Å². The predicted molar refractivity (Wildman–Crippen MR) is 225 cm³/mol. The van der Waals surface area contributed by atoms with E-state index in [1.807, 2.05) is 0 Å². The molecule has 0 N–H and O–H groups in total. The van der Waals surface area contributed by atoms with E-state index >= 15 is 0 Å². The summed E-state index contributed by atoms with van der Waals surface area (Å²) in [6.07, 6.45) is 0. The molecular formula is C22H76N4Si13. The summed E-state index contributed by atoms with van der Waals surface area (Å²) < 4.78 is 13.4. The Kier molecular flexibility index (Phi) is 15.4. The van der Waals surface area contributed by atoms with E-state index in [9.17, 15) is 0 Å². The Balaban J connectivity index is 7.19. The lowest BCUT2D eigenvalue weighted by atomic mass is 11.6. The molecule has 0 heterocycles. The average Bonchev–Trinajstić information content (AvgIpc) is 2.57. The Bertz CT molecular complexity index is 677. The van der Waals surface area contributed by atoms with Crippen molar-refractivity contribution in [3.63, 3.8) is 0 Å². The fraction of sp³-hybridized carbons (Fsp3) is 1.00. The molecule has 0 bridgehead atoms. The van der Waals surface area contributed by atoms with Crippen molar-refractivity contribution in [2.75, 3.05) is 7.05 Å². The van der Waals surface area contributed by atoms with Gasteiger partial charge in [0.15, 0.2) is 0 Å². The maximum absolute atomic E-state index is 3.43. The smallest absolute Gasteiger partial charge is 0.111 e. The standard InChI is InChI=1S/C22H76N4Si13/c1-23(33(2,3)4)27-31(28-24(34(5,6)7)35(8,9)10)32(29-25(36(11,12)13)37(14,15)16)30-26(38(17,18)19)39(20,21)22/h31-32H,27-30H2,1-22H3. The molecule has 0 aromatic carbocycles. The summed E-state index contributed by atoms with van der Waals surface area (Å²) in [5.74, 6) is 0. The van der Waals surface area contributed by atoms with Gasteiger partial charge in [-0.25, -0.2) is 0 Å². The first-order chi connectivity index (χ1) is 16.7. The molecule has 0 saturated carbocycles. The molecule has 0 amide bonds. The van der Waals surface area contributed by atoms with Crippen LogP contribution < -0.4 is 0 Å². The predicted octanol–water partition coefficient (Wildman–Crippen LogP) is 3.52.